The number of aromatic amines is 1. The normalized spacial score (nSPS) is 10.1. The second-order valence-corrected chi connectivity index (χ2v) is 3.29. The van der Waals surface area contributed by atoms with Gasteiger partial charge in [-0.1, -0.05) is 12.1 Å². The number of nitrogens with one attached hydrogen (secondary N) is 2. The molecule has 0 radical (unpaired) electrons. The van der Waals surface area contributed by atoms with E-state index in [0.717, 1.165) is 5.56 Å². The molecule has 1 amide bonds. The quantitative estimate of drug-likeness (QED) is 0.718. The summed E-state index contributed by atoms with van der Waals surface area (Å²) in [5, 5.41) is 2.64. The van der Waals surface area contributed by atoms with Gasteiger partial charge in [-0.3, -0.25) is 10.1 Å². The SMILES string of the molecule is NCc1ccc(C(=O)Nc2ncc[nH]2)cc1. The van der Waals surface area contributed by atoms with E-state index in [1.54, 1.807) is 24.5 Å². The Kier molecular flexibility index (Phi) is 2.98. The van der Waals surface area contributed by atoms with Crippen LogP contribution in [0.25, 0.3) is 0 Å². The van der Waals surface area contributed by atoms with Gasteiger partial charge >= 0.3 is 0 Å². The van der Waals surface area contributed by atoms with Gasteiger partial charge in [0.2, 0.25) is 5.95 Å². The molecule has 2 rings (SSSR count). The molecular formula is C11H12N4O. The first-order valence-corrected chi connectivity index (χ1v) is 4.89. The van der Waals surface area contributed by atoms with E-state index < -0.39 is 0 Å². The molecule has 0 saturated heterocycles. The summed E-state index contributed by atoms with van der Waals surface area (Å²) in [4.78, 5) is 18.4. The number of nitrogens with zero attached hydrogens (tertiary/aromatic N) is 1. The second kappa shape index (κ2) is 4.59. The van der Waals surface area contributed by atoms with Gasteiger partial charge in [0.1, 0.15) is 0 Å². The van der Waals surface area contributed by atoms with Gasteiger partial charge in [-0.15, -0.1) is 0 Å². The van der Waals surface area contributed by atoms with Gasteiger partial charge in [-0.2, -0.15) is 0 Å². The highest BCUT2D eigenvalue weighted by molar-refractivity contribution is 6.03. The number of hydrogen-bond acceptors (Lipinski definition) is 3. The number of aromatic nitrogens is 2. The smallest absolute Gasteiger partial charge is 0.257 e. The topological polar surface area (TPSA) is 83.8 Å². The van der Waals surface area contributed by atoms with Gasteiger partial charge in [0, 0.05) is 24.5 Å². The maximum atomic E-state index is 11.7. The number of imidazole rings is 1. The van der Waals surface area contributed by atoms with Crippen molar-refractivity contribution in [2.45, 2.75) is 6.54 Å². The zero-order valence-corrected chi connectivity index (χ0v) is 8.60. The van der Waals surface area contributed by atoms with Crippen molar-refractivity contribution >= 4 is 11.9 Å². The molecule has 16 heavy (non-hydrogen) atoms. The monoisotopic (exact) mass is 216 g/mol. The fourth-order valence-electron chi connectivity index (χ4n) is 1.31. The molecule has 0 fully saturated rings. The zero-order valence-electron chi connectivity index (χ0n) is 8.60. The summed E-state index contributed by atoms with van der Waals surface area (Å²) in [5.74, 6) is 0.242. The number of H-pyrrole nitrogens is 1. The van der Waals surface area contributed by atoms with Gasteiger partial charge < -0.3 is 10.7 Å². The number of carbonyl (C=O) groups excluding carboxylic acids is 1. The second-order valence-electron chi connectivity index (χ2n) is 3.29. The molecule has 5 heteroatoms. The third kappa shape index (κ3) is 2.26. The Labute approximate surface area is 92.7 Å². The van der Waals surface area contributed by atoms with Crippen LogP contribution in [-0.2, 0) is 6.54 Å². The fraction of sp³-hybridized carbons (Fsp3) is 0.0909. The molecule has 0 unspecified atom stereocenters. The average molecular weight is 216 g/mol. The van der Waals surface area contributed by atoms with Gasteiger partial charge in [0.05, 0.1) is 0 Å². The molecule has 4 N–H and O–H groups in total. The Morgan fingerprint density at radius 2 is 2.12 bits per heavy atom. The molecule has 0 atom stereocenters. The standard InChI is InChI=1S/C11H12N4O/c12-7-8-1-3-9(4-2-8)10(16)15-11-13-5-6-14-11/h1-6H,7,12H2,(H2,13,14,15,16). The summed E-state index contributed by atoms with van der Waals surface area (Å²) in [5.41, 5.74) is 7.04. The van der Waals surface area contributed by atoms with E-state index in [-0.39, 0.29) is 5.91 Å². The predicted octanol–water partition coefficient (Wildman–Crippen LogP) is 1.12. The maximum absolute atomic E-state index is 11.7. The third-order valence-corrected chi connectivity index (χ3v) is 2.18. The number of benzene rings is 1. The lowest BCUT2D eigenvalue weighted by Gasteiger charge is -2.02. The highest BCUT2D eigenvalue weighted by Gasteiger charge is 2.06. The first kappa shape index (κ1) is 10.4. The Hall–Kier alpha value is -2.14. The highest BCUT2D eigenvalue weighted by Crippen LogP contribution is 2.06. The van der Waals surface area contributed by atoms with Crippen molar-refractivity contribution in [1.82, 2.24) is 9.97 Å². The van der Waals surface area contributed by atoms with Crippen LogP contribution in [0.3, 0.4) is 0 Å². The van der Waals surface area contributed by atoms with E-state index in [1.807, 2.05) is 12.1 Å². The van der Waals surface area contributed by atoms with E-state index in [0.29, 0.717) is 18.1 Å². The number of carbonyl (C=O) groups is 1. The number of amides is 1. The van der Waals surface area contributed by atoms with Crippen LogP contribution in [0.5, 0.6) is 0 Å². The Bertz CT molecular complexity index is 461. The Morgan fingerprint density at radius 1 is 1.38 bits per heavy atom. The first-order chi connectivity index (χ1) is 7.79. The predicted molar refractivity (Wildman–Crippen MR) is 60.9 cm³/mol. The average Bonchev–Trinajstić information content (AvgIpc) is 2.82. The van der Waals surface area contributed by atoms with Crippen molar-refractivity contribution in [3.8, 4) is 0 Å². The molecule has 0 saturated carbocycles. The molecule has 0 spiro atoms. The summed E-state index contributed by atoms with van der Waals surface area (Å²) in [7, 11) is 0. The summed E-state index contributed by atoms with van der Waals surface area (Å²) >= 11 is 0. The van der Waals surface area contributed by atoms with Crippen LogP contribution in [0.4, 0.5) is 5.95 Å². The van der Waals surface area contributed by atoms with Crippen LogP contribution in [0, 0.1) is 0 Å². The largest absolute Gasteiger partial charge is 0.331 e. The molecule has 0 bridgehead atoms. The first-order valence-electron chi connectivity index (χ1n) is 4.89. The van der Waals surface area contributed by atoms with Crippen LogP contribution in [0.1, 0.15) is 15.9 Å². The minimum atomic E-state index is -0.196. The van der Waals surface area contributed by atoms with E-state index in [4.69, 9.17) is 5.73 Å². The summed E-state index contributed by atoms with van der Waals surface area (Å²) in [6, 6.07) is 7.13. The molecule has 0 aliphatic rings. The van der Waals surface area contributed by atoms with Crippen LogP contribution >= 0.6 is 0 Å². The van der Waals surface area contributed by atoms with Crippen LogP contribution in [0.2, 0.25) is 0 Å². The summed E-state index contributed by atoms with van der Waals surface area (Å²) < 4.78 is 0. The molecule has 5 nitrogen and oxygen atoms in total. The van der Waals surface area contributed by atoms with Crippen molar-refractivity contribution in [2.24, 2.45) is 5.73 Å². The molecule has 1 heterocycles. The van der Waals surface area contributed by atoms with Crippen LogP contribution in [0.15, 0.2) is 36.7 Å². The van der Waals surface area contributed by atoms with Gasteiger partial charge in [0.25, 0.3) is 5.91 Å². The Balaban J connectivity index is 2.09. The van der Waals surface area contributed by atoms with E-state index in [2.05, 4.69) is 15.3 Å². The van der Waals surface area contributed by atoms with Crippen molar-refractivity contribution in [3.05, 3.63) is 47.8 Å². The van der Waals surface area contributed by atoms with E-state index >= 15 is 0 Å². The Morgan fingerprint density at radius 3 is 2.69 bits per heavy atom. The summed E-state index contributed by atoms with van der Waals surface area (Å²) in [6.45, 7) is 0.472. The van der Waals surface area contributed by atoms with Crippen molar-refractivity contribution < 1.29 is 4.79 Å². The van der Waals surface area contributed by atoms with E-state index in [9.17, 15) is 4.79 Å². The van der Waals surface area contributed by atoms with Crippen molar-refractivity contribution in [3.63, 3.8) is 0 Å². The van der Waals surface area contributed by atoms with Gasteiger partial charge in [-0.05, 0) is 17.7 Å². The van der Waals surface area contributed by atoms with Gasteiger partial charge in [-0.25, -0.2) is 4.98 Å². The fourth-order valence-corrected chi connectivity index (χ4v) is 1.31. The number of anilines is 1. The maximum Gasteiger partial charge on any atom is 0.257 e. The molecule has 1 aromatic carbocycles. The zero-order chi connectivity index (χ0) is 11.4. The lowest BCUT2D eigenvalue weighted by molar-refractivity contribution is 0.102. The molecule has 2 aromatic rings. The minimum absolute atomic E-state index is 0.196. The minimum Gasteiger partial charge on any atom is -0.331 e. The molecule has 0 aliphatic carbocycles. The molecule has 1 aromatic heterocycles. The van der Waals surface area contributed by atoms with Crippen LogP contribution in [-0.4, -0.2) is 15.9 Å². The number of rotatable bonds is 3. The third-order valence-electron chi connectivity index (χ3n) is 2.18. The highest BCUT2D eigenvalue weighted by atomic mass is 16.1. The number of nitrogens with two attached hydrogens (primary N) is 1. The van der Waals surface area contributed by atoms with Crippen LogP contribution < -0.4 is 11.1 Å². The van der Waals surface area contributed by atoms with Crippen molar-refractivity contribution in [1.29, 1.82) is 0 Å². The molecular weight excluding hydrogens is 204 g/mol. The van der Waals surface area contributed by atoms with E-state index in [1.165, 1.54) is 0 Å². The van der Waals surface area contributed by atoms with Gasteiger partial charge in [0.15, 0.2) is 0 Å². The summed E-state index contributed by atoms with van der Waals surface area (Å²) in [6.07, 6.45) is 3.22. The molecule has 0 aliphatic heterocycles. The lowest BCUT2D eigenvalue weighted by Crippen LogP contribution is -2.13. The van der Waals surface area contributed by atoms with Crippen molar-refractivity contribution in [2.75, 3.05) is 5.32 Å². The number of hydrogen-bond donors (Lipinski definition) is 3. The lowest BCUT2D eigenvalue weighted by atomic mass is 10.1. The molecule has 82 valence electrons.